The van der Waals surface area contributed by atoms with Crippen molar-refractivity contribution >= 4 is 27.4 Å². The summed E-state index contributed by atoms with van der Waals surface area (Å²) in [5.41, 5.74) is 1.67. The van der Waals surface area contributed by atoms with Crippen molar-refractivity contribution in [3.8, 4) is 0 Å². The summed E-state index contributed by atoms with van der Waals surface area (Å²) >= 11 is 0. The highest BCUT2D eigenvalue weighted by atomic mass is 32.2. The van der Waals surface area contributed by atoms with Crippen LogP contribution in [0.5, 0.6) is 0 Å². The van der Waals surface area contributed by atoms with E-state index in [0.29, 0.717) is 16.9 Å². The molecule has 0 saturated carbocycles. The van der Waals surface area contributed by atoms with Crippen LogP contribution in [0.3, 0.4) is 0 Å². The van der Waals surface area contributed by atoms with Gasteiger partial charge in [0.25, 0.3) is 0 Å². The molecule has 0 saturated heterocycles. The van der Waals surface area contributed by atoms with E-state index in [9.17, 15) is 13.2 Å². The molecule has 3 N–H and O–H groups in total. The summed E-state index contributed by atoms with van der Waals surface area (Å²) in [6.07, 6.45) is 4.22. The number of hydrogen-bond acceptors (Lipinski definition) is 4. The third kappa shape index (κ3) is 5.26. The van der Waals surface area contributed by atoms with E-state index in [2.05, 4.69) is 20.3 Å². The summed E-state index contributed by atoms with van der Waals surface area (Å²) in [4.78, 5) is 15.9. The largest absolute Gasteiger partial charge is 0.331 e. The summed E-state index contributed by atoms with van der Waals surface area (Å²) in [7, 11) is -3.40. The van der Waals surface area contributed by atoms with Crippen LogP contribution >= 0.6 is 0 Å². The highest BCUT2D eigenvalue weighted by Gasteiger charge is 2.15. The summed E-state index contributed by atoms with van der Waals surface area (Å²) in [6, 6.07) is 9.54. The van der Waals surface area contributed by atoms with Gasteiger partial charge in [0.2, 0.25) is 10.0 Å². The van der Waals surface area contributed by atoms with Gasteiger partial charge >= 0.3 is 6.03 Å². The number of hydrogen-bond donors (Lipinski definition) is 3. The van der Waals surface area contributed by atoms with Gasteiger partial charge in [-0.05, 0) is 30.7 Å². The van der Waals surface area contributed by atoms with Gasteiger partial charge in [0.15, 0.2) is 0 Å². The lowest BCUT2D eigenvalue weighted by molar-refractivity contribution is 0.249. The van der Waals surface area contributed by atoms with Crippen molar-refractivity contribution in [3.63, 3.8) is 0 Å². The molecule has 2 amide bonds. The molecule has 8 heteroatoms. The van der Waals surface area contributed by atoms with Crippen LogP contribution < -0.4 is 15.4 Å². The molecule has 0 radical (unpaired) electrons. The molecule has 1 heterocycles. The first-order valence-corrected chi connectivity index (χ1v) is 8.78. The molecule has 1 unspecified atom stereocenters. The van der Waals surface area contributed by atoms with Crippen molar-refractivity contribution in [3.05, 3.63) is 54.4 Å². The number of nitrogens with one attached hydrogen (secondary N) is 3. The number of benzene rings is 1. The minimum Gasteiger partial charge on any atom is -0.331 e. The van der Waals surface area contributed by atoms with Crippen molar-refractivity contribution < 1.29 is 13.2 Å². The third-order valence-electron chi connectivity index (χ3n) is 2.99. The minimum absolute atomic E-state index is 0.392. The van der Waals surface area contributed by atoms with Crippen LogP contribution in [0, 0.1) is 0 Å². The predicted molar refractivity (Wildman–Crippen MR) is 89.7 cm³/mol. The van der Waals surface area contributed by atoms with Gasteiger partial charge in [0.1, 0.15) is 0 Å². The number of aromatic nitrogens is 1. The SMILES string of the molecule is CC(NC(=O)Nc1cccnc1)c1ccccc1NS(C)(=O)=O. The zero-order chi connectivity index (χ0) is 16.9. The topological polar surface area (TPSA) is 100 Å². The lowest BCUT2D eigenvalue weighted by atomic mass is 10.1. The Bertz CT molecular complexity index is 778. The predicted octanol–water partition coefficient (Wildman–Crippen LogP) is 2.34. The summed E-state index contributed by atoms with van der Waals surface area (Å²) in [6.45, 7) is 1.77. The molecule has 0 aliphatic carbocycles. The van der Waals surface area contributed by atoms with Crippen LogP contribution in [0.4, 0.5) is 16.2 Å². The second kappa shape index (κ2) is 7.10. The molecule has 122 valence electrons. The Labute approximate surface area is 135 Å². The van der Waals surface area contributed by atoms with Gasteiger partial charge in [-0.3, -0.25) is 9.71 Å². The first-order chi connectivity index (χ1) is 10.8. The van der Waals surface area contributed by atoms with Gasteiger partial charge in [-0.2, -0.15) is 0 Å². The molecule has 1 atom stereocenters. The Morgan fingerprint density at radius 2 is 1.91 bits per heavy atom. The zero-order valence-electron chi connectivity index (χ0n) is 12.8. The maximum Gasteiger partial charge on any atom is 0.319 e. The van der Waals surface area contributed by atoms with E-state index in [0.717, 1.165) is 6.26 Å². The van der Waals surface area contributed by atoms with Crippen LogP contribution in [-0.2, 0) is 10.0 Å². The Morgan fingerprint density at radius 1 is 1.17 bits per heavy atom. The molecule has 0 bridgehead atoms. The monoisotopic (exact) mass is 334 g/mol. The van der Waals surface area contributed by atoms with Gasteiger partial charge in [0.05, 0.1) is 29.9 Å². The van der Waals surface area contributed by atoms with Gasteiger partial charge in [-0.1, -0.05) is 18.2 Å². The number of rotatable bonds is 5. The van der Waals surface area contributed by atoms with E-state index in [4.69, 9.17) is 0 Å². The van der Waals surface area contributed by atoms with E-state index < -0.39 is 22.1 Å². The Balaban J connectivity index is 2.08. The molecule has 23 heavy (non-hydrogen) atoms. The molecule has 0 spiro atoms. The second-order valence-electron chi connectivity index (χ2n) is 5.02. The number of carbonyl (C=O) groups excluding carboxylic acids is 1. The molecular formula is C15H18N4O3S. The van der Waals surface area contributed by atoms with Crippen molar-refractivity contribution in [2.75, 3.05) is 16.3 Å². The van der Waals surface area contributed by atoms with Crippen LogP contribution in [0.25, 0.3) is 0 Å². The van der Waals surface area contributed by atoms with Gasteiger partial charge in [-0.25, -0.2) is 13.2 Å². The van der Waals surface area contributed by atoms with Gasteiger partial charge in [0, 0.05) is 6.20 Å². The lowest BCUT2D eigenvalue weighted by Crippen LogP contribution is -2.31. The first-order valence-electron chi connectivity index (χ1n) is 6.89. The number of nitrogens with zero attached hydrogens (tertiary/aromatic N) is 1. The zero-order valence-corrected chi connectivity index (χ0v) is 13.6. The highest BCUT2D eigenvalue weighted by molar-refractivity contribution is 7.92. The Morgan fingerprint density at radius 3 is 2.57 bits per heavy atom. The second-order valence-corrected chi connectivity index (χ2v) is 6.77. The number of para-hydroxylation sites is 1. The summed E-state index contributed by atoms with van der Waals surface area (Å²) < 4.78 is 25.3. The average Bonchev–Trinajstić information content (AvgIpc) is 2.47. The molecule has 0 aliphatic rings. The number of carbonyl (C=O) groups is 1. The van der Waals surface area contributed by atoms with Crippen molar-refractivity contribution in [1.29, 1.82) is 0 Å². The van der Waals surface area contributed by atoms with Crippen molar-refractivity contribution in [2.24, 2.45) is 0 Å². The molecular weight excluding hydrogens is 316 g/mol. The van der Waals surface area contributed by atoms with E-state index in [1.165, 1.54) is 6.20 Å². The average molecular weight is 334 g/mol. The van der Waals surface area contributed by atoms with Crippen LogP contribution in [0.2, 0.25) is 0 Å². The van der Waals surface area contributed by atoms with Crippen molar-refractivity contribution in [2.45, 2.75) is 13.0 Å². The summed E-state index contributed by atoms with van der Waals surface area (Å²) in [5.74, 6) is 0. The fraction of sp³-hybridized carbons (Fsp3) is 0.200. The van der Waals surface area contributed by atoms with Crippen LogP contribution in [-0.4, -0.2) is 25.7 Å². The number of pyridine rings is 1. The van der Waals surface area contributed by atoms with Crippen molar-refractivity contribution in [1.82, 2.24) is 10.3 Å². The van der Waals surface area contributed by atoms with E-state index in [1.807, 2.05) is 0 Å². The standard InChI is InChI=1S/C15H18N4O3S/c1-11(17-15(20)18-12-6-5-9-16-10-12)13-7-3-4-8-14(13)19-23(2,21)22/h3-11,19H,1-2H3,(H2,17,18,20). The molecule has 2 aromatic rings. The van der Waals surface area contributed by atoms with E-state index >= 15 is 0 Å². The Kier molecular flexibility index (Phi) is 5.17. The van der Waals surface area contributed by atoms with Crippen LogP contribution in [0.15, 0.2) is 48.8 Å². The fourth-order valence-electron chi connectivity index (χ4n) is 2.05. The minimum atomic E-state index is -3.40. The normalized spacial score (nSPS) is 12.3. The van der Waals surface area contributed by atoms with Gasteiger partial charge < -0.3 is 10.6 Å². The number of amides is 2. The highest BCUT2D eigenvalue weighted by Crippen LogP contribution is 2.23. The molecule has 1 aromatic heterocycles. The summed E-state index contributed by atoms with van der Waals surface area (Å²) in [5, 5.41) is 5.42. The third-order valence-corrected chi connectivity index (χ3v) is 3.58. The molecule has 0 fully saturated rings. The maximum atomic E-state index is 12.0. The first kappa shape index (κ1) is 16.8. The number of anilines is 2. The van der Waals surface area contributed by atoms with Gasteiger partial charge in [-0.15, -0.1) is 0 Å². The lowest BCUT2D eigenvalue weighted by Gasteiger charge is -2.18. The number of urea groups is 1. The van der Waals surface area contributed by atoms with E-state index in [-0.39, 0.29) is 0 Å². The Hall–Kier alpha value is -2.61. The smallest absolute Gasteiger partial charge is 0.319 e. The maximum absolute atomic E-state index is 12.0. The molecule has 1 aromatic carbocycles. The molecule has 7 nitrogen and oxygen atoms in total. The quantitative estimate of drug-likeness (QED) is 0.781. The molecule has 2 rings (SSSR count). The van der Waals surface area contributed by atoms with Crippen LogP contribution in [0.1, 0.15) is 18.5 Å². The number of sulfonamides is 1. The fourth-order valence-corrected chi connectivity index (χ4v) is 2.63. The molecule has 0 aliphatic heterocycles. The van der Waals surface area contributed by atoms with E-state index in [1.54, 1.807) is 49.5 Å².